The molecule has 1 saturated heterocycles. The number of halogens is 1. The summed E-state index contributed by atoms with van der Waals surface area (Å²) in [5.74, 6) is 0.738. The van der Waals surface area contributed by atoms with Crippen LogP contribution >= 0.6 is 15.9 Å². The minimum atomic E-state index is -0.281. The lowest BCUT2D eigenvalue weighted by atomic mass is 10.0. The van der Waals surface area contributed by atoms with E-state index in [1.54, 1.807) is 7.11 Å². The maximum absolute atomic E-state index is 9.42. The first-order valence-electron chi connectivity index (χ1n) is 5.81. The van der Waals surface area contributed by atoms with Crippen molar-refractivity contribution < 1.29 is 9.47 Å². The van der Waals surface area contributed by atoms with Crippen LogP contribution in [0.3, 0.4) is 0 Å². The van der Waals surface area contributed by atoms with Gasteiger partial charge in [-0.25, -0.2) is 0 Å². The van der Waals surface area contributed by atoms with Crippen molar-refractivity contribution >= 4 is 15.9 Å². The molecule has 0 N–H and O–H groups in total. The smallest absolute Gasteiger partial charge is 0.127 e. The first-order valence-corrected chi connectivity index (χ1v) is 6.60. The molecule has 0 aliphatic carbocycles. The van der Waals surface area contributed by atoms with Crippen LogP contribution in [-0.4, -0.2) is 38.3 Å². The quantitative estimate of drug-likeness (QED) is 0.860. The molecule has 1 aliphatic rings. The molecule has 1 heterocycles. The summed E-state index contributed by atoms with van der Waals surface area (Å²) in [4.78, 5) is 2.12. The second-order valence-corrected chi connectivity index (χ2v) is 4.98. The van der Waals surface area contributed by atoms with Gasteiger partial charge in [0.1, 0.15) is 11.8 Å². The highest BCUT2D eigenvalue weighted by molar-refractivity contribution is 9.10. The van der Waals surface area contributed by atoms with Crippen molar-refractivity contribution in [2.24, 2.45) is 0 Å². The fraction of sp³-hybridized carbons (Fsp3) is 0.462. The highest BCUT2D eigenvalue weighted by Gasteiger charge is 2.24. The third-order valence-corrected chi connectivity index (χ3v) is 3.52. The van der Waals surface area contributed by atoms with E-state index in [1.165, 1.54) is 0 Å². The van der Waals surface area contributed by atoms with Crippen LogP contribution in [0.5, 0.6) is 5.75 Å². The number of rotatable bonds is 3. The zero-order chi connectivity index (χ0) is 13.0. The van der Waals surface area contributed by atoms with Gasteiger partial charge in [-0.05, 0) is 12.1 Å². The Hall–Kier alpha value is -1.09. The van der Waals surface area contributed by atoms with Crippen molar-refractivity contribution in [1.29, 1.82) is 5.26 Å². The largest absolute Gasteiger partial charge is 0.496 e. The number of nitriles is 1. The molecule has 0 radical (unpaired) electrons. The zero-order valence-corrected chi connectivity index (χ0v) is 11.8. The minimum Gasteiger partial charge on any atom is -0.496 e. The topological polar surface area (TPSA) is 45.5 Å². The summed E-state index contributed by atoms with van der Waals surface area (Å²) in [6.07, 6.45) is 0. The Morgan fingerprint density at radius 2 is 2.17 bits per heavy atom. The molecule has 0 spiro atoms. The fourth-order valence-corrected chi connectivity index (χ4v) is 2.43. The van der Waals surface area contributed by atoms with Crippen LogP contribution in [0.2, 0.25) is 0 Å². The predicted molar refractivity (Wildman–Crippen MR) is 71.4 cm³/mol. The van der Waals surface area contributed by atoms with Crippen molar-refractivity contribution in [1.82, 2.24) is 4.90 Å². The molecular formula is C13H15BrN2O2. The van der Waals surface area contributed by atoms with Gasteiger partial charge in [-0.1, -0.05) is 22.0 Å². The summed E-state index contributed by atoms with van der Waals surface area (Å²) in [5, 5.41) is 9.42. The van der Waals surface area contributed by atoms with Crippen LogP contribution in [0.1, 0.15) is 11.6 Å². The first kappa shape index (κ1) is 13.3. The predicted octanol–water partition coefficient (Wildman–Crippen LogP) is 2.35. The molecule has 1 aromatic carbocycles. The third kappa shape index (κ3) is 2.83. The summed E-state index contributed by atoms with van der Waals surface area (Å²) in [7, 11) is 1.62. The molecule has 0 saturated carbocycles. The van der Waals surface area contributed by atoms with Crippen LogP contribution in [0.4, 0.5) is 0 Å². The first-order chi connectivity index (χ1) is 8.76. The lowest BCUT2D eigenvalue weighted by Gasteiger charge is -2.31. The Balaban J connectivity index is 2.29. The van der Waals surface area contributed by atoms with Crippen molar-refractivity contribution in [2.75, 3.05) is 33.4 Å². The van der Waals surface area contributed by atoms with Crippen molar-refractivity contribution in [3.8, 4) is 11.8 Å². The van der Waals surface area contributed by atoms with Crippen LogP contribution < -0.4 is 4.74 Å². The average Bonchev–Trinajstić information content (AvgIpc) is 2.42. The highest BCUT2D eigenvalue weighted by Crippen LogP contribution is 2.31. The van der Waals surface area contributed by atoms with Gasteiger partial charge in [0, 0.05) is 23.1 Å². The molecule has 0 amide bonds. The molecule has 5 heteroatoms. The number of methoxy groups -OCH3 is 1. The molecule has 96 valence electrons. The SMILES string of the molecule is COc1cc(Br)ccc1C(C#N)N1CCOCC1. The summed E-state index contributed by atoms with van der Waals surface area (Å²) in [6.45, 7) is 2.91. The van der Waals surface area contributed by atoms with E-state index in [0.29, 0.717) is 13.2 Å². The maximum Gasteiger partial charge on any atom is 0.127 e. The normalized spacial score (nSPS) is 18.1. The summed E-state index contributed by atoms with van der Waals surface area (Å²) in [5.41, 5.74) is 0.908. The number of ether oxygens (including phenoxy) is 2. The number of nitrogens with zero attached hydrogens (tertiary/aromatic N) is 2. The zero-order valence-electron chi connectivity index (χ0n) is 10.2. The van der Waals surface area contributed by atoms with Gasteiger partial charge in [-0.2, -0.15) is 5.26 Å². The van der Waals surface area contributed by atoms with Crippen LogP contribution in [0, 0.1) is 11.3 Å². The Kier molecular flexibility index (Phi) is 4.59. The number of benzene rings is 1. The molecule has 1 atom stereocenters. The van der Waals surface area contributed by atoms with Crippen LogP contribution in [0.25, 0.3) is 0 Å². The Labute approximate surface area is 115 Å². The molecule has 2 rings (SSSR count). The van der Waals surface area contributed by atoms with Gasteiger partial charge in [-0.15, -0.1) is 0 Å². The molecule has 0 bridgehead atoms. The van der Waals surface area contributed by atoms with Gasteiger partial charge in [0.2, 0.25) is 0 Å². The minimum absolute atomic E-state index is 0.281. The number of hydrogen-bond donors (Lipinski definition) is 0. The highest BCUT2D eigenvalue weighted by atomic mass is 79.9. The summed E-state index contributed by atoms with van der Waals surface area (Å²) >= 11 is 3.41. The fourth-order valence-electron chi connectivity index (χ4n) is 2.09. The molecule has 1 unspecified atom stereocenters. The monoisotopic (exact) mass is 310 g/mol. The Morgan fingerprint density at radius 3 is 2.78 bits per heavy atom. The molecule has 1 aromatic rings. The molecule has 1 aliphatic heterocycles. The van der Waals surface area contributed by atoms with Gasteiger partial charge < -0.3 is 9.47 Å². The van der Waals surface area contributed by atoms with E-state index >= 15 is 0 Å². The average molecular weight is 311 g/mol. The second-order valence-electron chi connectivity index (χ2n) is 4.07. The van der Waals surface area contributed by atoms with Gasteiger partial charge >= 0.3 is 0 Å². The lowest BCUT2D eigenvalue weighted by Crippen LogP contribution is -2.38. The van der Waals surface area contributed by atoms with E-state index in [9.17, 15) is 5.26 Å². The van der Waals surface area contributed by atoms with E-state index in [-0.39, 0.29) is 6.04 Å². The van der Waals surface area contributed by atoms with E-state index < -0.39 is 0 Å². The molecule has 18 heavy (non-hydrogen) atoms. The van der Waals surface area contributed by atoms with Crippen LogP contribution in [-0.2, 0) is 4.74 Å². The van der Waals surface area contributed by atoms with Crippen molar-refractivity contribution in [2.45, 2.75) is 6.04 Å². The van der Waals surface area contributed by atoms with Gasteiger partial charge in [0.15, 0.2) is 0 Å². The van der Waals surface area contributed by atoms with Crippen LogP contribution in [0.15, 0.2) is 22.7 Å². The van der Waals surface area contributed by atoms with Gasteiger partial charge in [0.05, 0.1) is 26.4 Å². The van der Waals surface area contributed by atoms with E-state index in [4.69, 9.17) is 9.47 Å². The maximum atomic E-state index is 9.42. The molecule has 0 aromatic heterocycles. The van der Waals surface area contributed by atoms with Gasteiger partial charge in [0.25, 0.3) is 0 Å². The lowest BCUT2D eigenvalue weighted by molar-refractivity contribution is 0.0262. The Morgan fingerprint density at radius 1 is 1.44 bits per heavy atom. The third-order valence-electron chi connectivity index (χ3n) is 3.02. The Bertz CT molecular complexity index is 453. The molecular weight excluding hydrogens is 296 g/mol. The van der Waals surface area contributed by atoms with Crippen molar-refractivity contribution in [3.63, 3.8) is 0 Å². The standard InChI is InChI=1S/C13H15BrN2O2/c1-17-13-8-10(14)2-3-11(13)12(9-15)16-4-6-18-7-5-16/h2-3,8,12H,4-7H2,1H3. The number of morpholine rings is 1. The number of hydrogen-bond acceptors (Lipinski definition) is 4. The summed E-state index contributed by atoms with van der Waals surface area (Å²) < 4.78 is 11.6. The second kappa shape index (κ2) is 6.19. The molecule has 1 fully saturated rings. The van der Waals surface area contributed by atoms with E-state index in [1.807, 2.05) is 18.2 Å². The van der Waals surface area contributed by atoms with E-state index in [0.717, 1.165) is 28.9 Å². The van der Waals surface area contributed by atoms with Gasteiger partial charge in [-0.3, -0.25) is 4.90 Å². The molecule has 4 nitrogen and oxygen atoms in total. The van der Waals surface area contributed by atoms with E-state index in [2.05, 4.69) is 26.9 Å². The van der Waals surface area contributed by atoms with Crippen molar-refractivity contribution in [3.05, 3.63) is 28.2 Å². The summed E-state index contributed by atoms with van der Waals surface area (Å²) in [6, 6.07) is 7.84.